The number of aromatic nitrogens is 5. The minimum atomic E-state index is -1.16. The molecule has 3 aromatic heterocycles. The van der Waals surface area contributed by atoms with E-state index in [1.807, 2.05) is 29.2 Å². The van der Waals surface area contributed by atoms with Gasteiger partial charge in [-0.2, -0.15) is 4.98 Å². The highest BCUT2D eigenvalue weighted by atomic mass is 16.5. The second-order valence-electron chi connectivity index (χ2n) is 10.9. The van der Waals surface area contributed by atoms with Gasteiger partial charge < -0.3 is 20.1 Å². The Morgan fingerprint density at radius 3 is 2.56 bits per heavy atom. The van der Waals surface area contributed by atoms with Gasteiger partial charge in [-0.1, -0.05) is 12.1 Å². The van der Waals surface area contributed by atoms with Crippen molar-refractivity contribution < 1.29 is 14.6 Å². The molecule has 3 fully saturated rings. The van der Waals surface area contributed by atoms with Crippen molar-refractivity contribution in [3.05, 3.63) is 77.4 Å². The van der Waals surface area contributed by atoms with Gasteiger partial charge in [0.25, 0.3) is 5.56 Å². The number of hydrogen-bond acceptors (Lipinski definition) is 9. The number of carbonyl (C=O) groups is 1. The standard InChI is InChI=1S/C29H32N8O4/c1-5-13-35-26(38)22-15-30-27(33-25(22)37(35)24-8-6-7-23(32-24)29(2,3)40)31-18-9-11-19(12-10-18)34-16-20-14-21(17-34)36(20)28(39)41-4/h5-12,15,20-21,40H,1,13-14,16-17H2,2-4H3,(H,30,31,33). The summed E-state index contributed by atoms with van der Waals surface area (Å²) in [6.45, 7) is 8.87. The van der Waals surface area contributed by atoms with Crippen LogP contribution in [0.3, 0.4) is 0 Å². The molecule has 12 nitrogen and oxygen atoms in total. The molecule has 2 unspecified atom stereocenters. The smallest absolute Gasteiger partial charge is 0.410 e. The monoisotopic (exact) mass is 556 g/mol. The number of anilines is 3. The van der Waals surface area contributed by atoms with Gasteiger partial charge in [-0.15, -0.1) is 6.58 Å². The highest BCUT2D eigenvalue weighted by molar-refractivity contribution is 5.77. The molecular formula is C29H32N8O4. The molecule has 0 spiro atoms. The van der Waals surface area contributed by atoms with Crippen LogP contribution in [0.15, 0.2) is 66.1 Å². The molecule has 3 aliphatic heterocycles. The molecule has 3 saturated heterocycles. The van der Waals surface area contributed by atoms with Gasteiger partial charge in [-0.25, -0.2) is 24.1 Å². The number of carbonyl (C=O) groups excluding carboxylic acids is 1. The van der Waals surface area contributed by atoms with Crippen LogP contribution < -0.4 is 15.8 Å². The van der Waals surface area contributed by atoms with Crippen molar-refractivity contribution in [2.45, 2.75) is 44.5 Å². The van der Waals surface area contributed by atoms with E-state index in [4.69, 9.17) is 4.74 Å². The summed E-state index contributed by atoms with van der Waals surface area (Å²) >= 11 is 0. The van der Waals surface area contributed by atoms with Crippen LogP contribution in [-0.2, 0) is 16.9 Å². The first-order valence-corrected chi connectivity index (χ1v) is 13.5. The lowest BCUT2D eigenvalue weighted by molar-refractivity contribution is 0.00316. The summed E-state index contributed by atoms with van der Waals surface area (Å²) in [6.07, 6.45) is 3.88. The molecule has 6 heterocycles. The van der Waals surface area contributed by atoms with Crippen molar-refractivity contribution in [2.24, 2.45) is 0 Å². The second-order valence-corrected chi connectivity index (χ2v) is 10.9. The van der Waals surface area contributed by atoms with Crippen molar-refractivity contribution in [2.75, 3.05) is 30.4 Å². The quantitative estimate of drug-likeness (QED) is 0.330. The predicted molar refractivity (Wildman–Crippen MR) is 155 cm³/mol. The number of nitrogens with one attached hydrogen (secondary N) is 1. The normalized spacial score (nSPS) is 18.2. The average molecular weight is 557 g/mol. The maximum absolute atomic E-state index is 13.2. The first kappa shape index (κ1) is 26.5. The number of piperidine rings is 1. The Balaban J connectivity index is 1.27. The van der Waals surface area contributed by atoms with E-state index in [1.54, 1.807) is 42.8 Å². The third kappa shape index (κ3) is 4.69. The van der Waals surface area contributed by atoms with Gasteiger partial charge >= 0.3 is 6.09 Å². The van der Waals surface area contributed by atoms with Gasteiger partial charge in [0, 0.05) is 30.7 Å². The summed E-state index contributed by atoms with van der Waals surface area (Å²) in [5, 5.41) is 14.1. The van der Waals surface area contributed by atoms with Gasteiger partial charge in [-0.3, -0.25) is 9.69 Å². The van der Waals surface area contributed by atoms with E-state index in [0.717, 1.165) is 30.9 Å². The highest BCUT2D eigenvalue weighted by Crippen LogP contribution is 2.35. The molecule has 1 amide bonds. The Bertz CT molecular complexity index is 1680. The fourth-order valence-electron chi connectivity index (χ4n) is 5.60. The largest absolute Gasteiger partial charge is 0.453 e. The minimum absolute atomic E-state index is 0.170. The van der Waals surface area contributed by atoms with Gasteiger partial charge in [0.15, 0.2) is 11.5 Å². The summed E-state index contributed by atoms with van der Waals surface area (Å²) in [4.78, 5) is 43.0. The molecular weight excluding hydrogens is 524 g/mol. The fourth-order valence-corrected chi connectivity index (χ4v) is 5.60. The average Bonchev–Trinajstić information content (AvgIpc) is 3.23. The zero-order chi connectivity index (χ0) is 28.9. The molecule has 12 heteroatoms. The van der Waals surface area contributed by atoms with Crippen molar-refractivity contribution >= 4 is 34.4 Å². The van der Waals surface area contributed by atoms with E-state index in [-0.39, 0.29) is 30.3 Å². The summed E-state index contributed by atoms with van der Waals surface area (Å²) in [5.41, 5.74) is 1.27. The molecule has 3 aliphatic rings. The summed E-state index contributed by atoms with van der Waals surface area (Å²) in [7, 11) is 1.42. The van der Waals surface area contributed by atoms with E-state index < -0.39 is 5.60 Å². The number of pyridine rings is 1. The maximum atomic E-state index is 13.2. The third-order valence-corrected chi connectivity index (χ3v) is 7.62. The molecule has 0 aliphatic carbocycles. The molecule has 0 radical (unpaired) electrons. The molecule has 41 heavy (non-hydrogen) atoms. The maximum Gasteiger partial charge on any atom is 0.410 e. The number of rotatable bonds is 7. The molecule has 0 saturated carbocycles. The van der Waals surface area contributed by atoms with E-state index in [2.05, 4.69) is 31.7 Å². The number of methoxy groups -OCH3 is 1. The lowest BCUT2D eigenvalue weighted by Crippen LogP contribution is -2.70. The highest BCUT2D eigenvalue weighted by Gasteiger charge is 2.47. The zero-order valence-corrected chi connectivity index (χ0v) is 23.2. The van der Waals surface area contributed by atoms with Crippen LogP contribution in [-0.4, -0.2) is 72.7 Å². The number of allylic oxidation sites excluding steroid dienone is 1. The lowest BCUT2D eigenvalue weighted by atomic mass is 9.87. The Hall–Kier alpha value is -4.71. The number of nitrogens with zero attached hydrogens (tertiary/aromatic N) is 7. The van der Waals surface area contributed by atoms with E-state index >= 15 is 0 Å². The van der Waals surface area contributed by atoms with Crippen molar-refractivity contribution in [3.8, 4) is 5.82 Å². The Kier molecular flexibility index (Phi) is 6.49. The first-order chi connectivity index (χ1) is 19.7. The molecule has 2 atom stereocenters. The van der Waals surface area contributed by atoms with Crippen molar-refractivity contribution in [1.29, 1.82) is 0 Å². The predicted octanol–water partition coefficient (Wildman–Crippen LogP) is 3.16. The second kappa shape index (κ2) is 10.0. The molecule has 4 aromatic rings. The Labute approximate surface area is 236 Å². The van der Waals surface area contributed by atoms with Crippen molar-refractivity contribution in [3.63, 3.8) is 0 Å². The van der Waals surface area contributed by atoms with Crippen LogP contribution in [0.4, 0.5) is 22.1 Å². The van der Waals surface area contributed by atoms with Gasteiger partial charge in [0.1, 0.15) is 11.0 Å². The van der Waals surface area contributed by atoms with Crippen molar-refractivity contribution in [1.82, 2.24) is 29.2 Å². The van der Waals surface area contributed by atoms with E-state index in [1.165, 1.54) is 18.0 Å². The van der Waals surface area contributed by atoms with E-state index in [9.17, 15) is 14.7 Å². The van der Waals surface area contributed by atoms with E-state index in [0.29, 0.717) is 28.5 Å². The summed E-state index contributed by atoms with van der Waals surface area (Å²) < 4.78 is 8.03. The third-order valence-electron chi connectivity index (χ3n) is 7.62. The van der Waals surface area contributed by atoms with Crippen LogP contribution in [0.25, 0.3) is 16.9 Å². The zero-order valence-electron chi connectivity index (χ0n) is 23.2. The minimum Gasteiger partial charge on any atom is -0.453 e. The lowest BCUT2D eigenvalue weighted by Gasteiger charge is -2.55. The van der Waals surface area contributed by atoms with Crippen LogP contribution in [0.5, 0.6) is 0 Å². The number of hydrogen-bond donors (Lipinski definition) is 2. The number of aliphatic hydroxyl groups is 1. The molecule has 1 aromatic carbocycles. The van der Waals surface area contributed by atoms with Crippen LogP contribution in [0, 0.1) is 0 Å². The number of benzene rings is 1. The first-order valence-electron chi connectivity index (χ1n) is 13.5. The van der Waals surface area contributed by atoms with Gasteiger partial charge in [0.05, 0.1) is 31.4 Å². The Morgan fingerprint density at radius 2 is 1.90 bits per heavy atom. The molecule has 2 bridgehead atoms. The van der Waals surface area contributed by atoms with Crippen LogP contribution in [0.2, 0.25) is 0 Å². The van der Waals surface area contributed by atoms with Gasteiger partial charge in [0.2, 0.25) is 5.95 Å². The number of piperazine rings is 1. The molecule has 7 rings (SSSR count). The summed E-state index contributed by atoms with van der Waals surface area (Å²) in [6, 6.07) is 13.6. The summed E-state index contributed by atoms with van der Waals surface area (Å²) in [5.74, 6) is 0.763. The Morgan fingerprint density at radius 1 is 1.17 bits per heavy atom. The molecule has 2 N–H and O–H groups in total. The molecule has 212 valence electrons. The SMILES string of the molecule is C=CCn1c(=O)c2cnc(Nc3ccc(N4CC5CC(C4)N5C(=O)OC)cc3)nc2n1-c1cccc(C(C)(C)O)n1. The number of fused-ring (bicyclic) bond motifs is 3. The van der Waals surface area contributed by atoms with Gasteiger partial charge in [-0.05, 0) is 56.7 Å². The van der Waals surface area contributed by atoms with Crippen LogP contribution in [0.1, 0.15) is 26.0 Å². The fraction of sp³-hybridized carbons (Fsp3) is 0.345. The topological polar surface area (TPSA) is 131 Å². The number of amides is 1. The number of ether oxygens (including phenoxy) is 1. The van der Waals surface area contributed by atoms with Crippen LogP contribution >= 0.6 is 0 Å².